The van der Waals surface area contributed by atoms with Gasteiger partial charge in [-0.25, -0.2) is 0 Å². The Morgan fingerprint density at radius 1 is 1.14 bits per heavy atom. The second kappa shape index (κ2) is 5.40. The Kier molecular flexibility index (Phi) is 3.95. The maximum Gasteiger partial charge on any atom is 0.534 e. The van der Waals surface area contributed by atoms with Gasteiger partial charge in [0, 0.05) is 5.39 Å². The summed E-state index contributed by atoms with van der Waals surface area (Å²) in [6.45, 7) is 1.74. The Balaban J connectivity index is 2.62. The first-order valence-corrected chi connectivity index (χ1v) is 7.31. The molecule has 0 heterocycles. The van der Waals surface area contributed by atoms with Crippen LogP contribution in [0.5, 0.6) is 5.75 Å². The van der Waals surface area contributed by atoms with Crippen molar-refractivity contribution in [3.05, 3.63) is 48.0 Å². The first-order chi connectivity index (χ1) is 9.74. The number of alkyl halides is 3. The zero-order valence-electron chi connectivity index (χ0n) is 10.9. The van der Waals surface area contributed by atoms with Crippen molar-refractivity contribution in [1.82, 2.24) is 0 Å². The number of halogens is 3. The van der Waals surface area contributed by atoms with Crippen LogP contribution in [0, 0.1) is 0 Å². The maximum absolute atomic E-state index is 12.4. The van der Waals surface area contributed by atoms with Gasteiger partial charge in [0.15, 0.2) is 5.75 Å². The van der Waals surface area contributed by atoms with Crippen LogP contribution < -0.4 is 4.18 Å². The largest absolute Gasteiger partial charge is 0.534 e. The number of allylic oxidation sites excluding steroid dienone is 1. The molecule has 0 aliphatic carbocycles. The van der Waals surface area contributed by atoms with Crippen molar-refractivity contribution in [2.45, 2.75) is 12.4 Å². The molecule has 3 nitrogen and oxygen atoms in total. The molecule has 2 rings (SSSR count). The summed E-state index contributed by atoms with van der Waals surface area (Å²) < 4.78 is 63.9. The van der Waals surface area contributed by atoms with E-state index < -0.39 is 15.6 Å². The van der Waals surface area contributed by atoms with Gasteiger partial charge in [0.1, 0.15) is 0 Å². The van der Waals surface area contributed by atoms with E-state index in [1.807, 2.05) is 0 Å². The van der Waals surface area contributed by atoms with E-state index in [0.29, 0.717) is 16.3 Å². The highest BCUT2D eigenvalue weighted by Gasteiger charge is 2.48. The maximum atomic E-state index is 12.4. The van der Waals surface area contributed by atoms with Crippen molar-refractivity contribution in [3.8, 4) is 5.75 Å². The number of fused-ring (bicyclic) bond motifs is 1. The molecular weight excluding hydrogens is 305 g/mol. The standard InChI is InChI=1S/C14H11F3O3S/c1-2-5-10-8-11-6-3-4-7-12(11)13(9-10)20-21(18,19)14(15,16)17/h2-9H,1H3. The SMILES string of the molecule is CC=Cc1cc(OS(=O)(=O)C(F)(F)F)c2ccccc2c1. The number of hydrogen-bond acceptors (Lipinski definition) is 3. The molecule has 0 amide bonds. The normalized spacial score (nSPS) is 13.0. The van der Waals surface area contributed by atoms with Gasteiger partial charge in [-0.3, -0.25) is 0 Å². The lowest BCUT2D eigenvalue weighted by atomic mass is 10.1. The molecule has 0 N–H and O–H groups in total. The Hall–Kier alpha value is -2.02. The van der Waals surface area contributed by atoms with E-state index in [2.05, 4.69) is 4.18 Å². The molecule has 0 spiro atoms. The minimum atomic E-state index is -5.70. The van der Waals surface area contributed by atoms with Crippen molar-refractivity contribution in [3.63, 3.8) is 0 Å². The van der Waals surface area contributed by atoms with Crippen molar-refractivity contribution in [2.75, 3.05) is 0 Å². The van der Waals surface area contributed by atoms with Crippen molar-refractivity contribution >= 4 is 27.0 Å². The third-order valence-electron chi connectivity index (χ3n) is 2.69. The molecule has 0 bridgehead atoms. The van der Waals surface area contributed by atoms with Crippen molar-refractivity contribution in [1.29, 1.82) is 0 Å². The summed E-state index contributed by atoms with van der Waals surface area (Å²) in [5.74, 6) is -0.349. The third kappa shape index (κ3) is 3.18. The fourth-order valence-corrected chi connectivity index (χ4v) is 2.29. The highest BCUT2D eigenvalue weighted by atomic mass is 32.2. The van der Waals surface area contributed by atoms with Gasteiger partial charge in [0.05, 0.1) is 0 Å². The van der Waals surface area contributed by atoms with Gasteiger partial charge in [-0.15, -0.1) is 0 Å². The molecule has 2 aromatic rings. The molecule has 21 heavy (non-hydrogen) atoms. The predicted molar refractivity (Wildman–Crippen MR) is 74.3 cm³/mol. The van der Waals surface area contributed by atoms with E-state index in [-0.39, 0.29) is 5.75 Å². The van der Waals surface area contributed by atoms with Gasteiger partial charge >= 0.3 is 15.6 Å². The van der Waals surface area contributed by atoms with Crippen molar-refractivity contribution < 1.29 is 25.8 Å². The predicted octanol–water partition coefficient (Wildman–Crippen LogP) is 4.10. The van der Waals surface area contributed by atoms with Crippen LogP contribution in [-0.2, 0) is 10.1 Å². The second-order valence-electron chi connectivity index (χ2n) is 4.22. The molecule has 0 unspecified atom stereocenters. The molecular formula is C14H11F3O3S. The molecule has 0 aliphatic rings. The fourth-order valence-electron chi connectivity index (χ4n) is 1.82. The summed E-state index contributed by atoms with van der Waals surface area (Å²) in [5, 5.41) is 0.874. The van der Waals surface area contributed by atoms with Crippen molar-refractivity contribution in [2.24, 2.45) is 0 Å². The first-order valence-electron chi connectivity index (χ1n) is 5.91. The summed E-state index contributed by atoms with van der Waals surface area (Å²) in [6, 6.07) is 9.42. The first kappa shape index (κ1) is 15.4. The van der Waals surface area contributed by atoms with Crippen LogP contribution in [-0.4, -0.2) is 13.9 Å². The zero-order valence-corrected chi connectivity index (χ0v) is 11.7. The molecule has 0 atom stereocenters. The number of rotatable bonds is 3. The third-order valence-corrected chi connectivity index (χ3v) is 3.65. The molecule has 0 saturated carbocycles. The molecule has 112 valence electrons. The lowest BCUT2D eigenvalue weighted by molar-refractivity contribution is -0.0499. The van der Waals surface area contributed by atoms with Crippen LogP contribution >= 0.6 is 0 Å². The monoisotopic (exact) mass is 316 g/mol. The molecule has 0 aromatic heterocycles. The van der Waals surface area contributed by atoms with Gasteiger partial charge in [-0.2, -0.15) is 21.6 Å². The van der Waals surface area contributed by atoms with Crippen LogP contribution in [0.1, 0.15) is 12.5 Å². The van der Waals surface area contributed by atoms with Gasteiger partial charge in [-0.05, 0) is 30.0 Å². The highest BCUT2D eigenvalue weighted by Crippen LogP contribution is 2.33. The topological polar surface area (TPSA) is 43.4 Å². The number of hydrogen-bond donors (Lipinski definition) is 0. The van der Waals surface area contributed by atoms with Gasteiger partial charge in [0.2, 0.25) is 0 Å². The molecule has 0 aliphatic heterocycles. The summed E-state index contributed by atoms with van der Waals surface area (Å²) >= 11 is 0. The summed E-state index contributed by atoms with van der Waals surface area (Å²) in [5.41, 5.74) is -4.92. The Morgan fingerprint density at radius 3 is 2.43 bits per heavy atom. The van der Waals surface area contributed by atoms with Crippen LogP contribution in [0.15, 0.2) is 42.5 Å². The van der Waals surface area contributed by atoms with E-state index in [4.69, 9.17) is 0 Å². The Bertz CT molecular complexity index is 793. The van der Waals surface area contributed by atoms with E-state index in [9.17, 15) is 21.6 Å². The molecule has 0 fully saturated rings. The fraction of sp³-hybridized carbons (Fsp3) is 0.143. The number of benzene rings is 2. The van der Waals surface area contributed by atoms with E-state index in [0.717, 1.165) is 0 Å². The van der Waals surface area contributed by atoms with E-state index >= 15 is 0 Å². The summed E-state index contributed by atoms with van der Waals surface area (Å²) in [6.07, 6.45) is 3.33. The average molecular weight is 316 g/mol. The summed E-state index contributed by atoms with van der Waals surface area (Å²) in [7, 11) is -5.70. The average Bonchev–Trinajstić information content (AvgIpc) is 2.37. The van der Waals surface area contributed by atoms with Crippen LogP contribution in [0.3, 0.4) is 0 Å². The smallest absolute Gasteiger partial charge is 0.375 e. The van der Waals surface area contributed by atoms with Crippen LogP contribution in [0.2, 0.25) is 0 Å². The Morgan fingerprint density at radius 2 is 1.81 bits per heavy atom. The van der Waals surface area contributed by atoms with E-state index in [1.165, 1.54) is 12.1 Å². The van der Waals surface area contributed by atoms with Crippen LogP contribution in [0.4, 0.5) is 13.2 Å². The van der Waals surface area contributed by atoms with Gasteiger partial charge < -0.3 is 4.18 Å². The summed E-state index contributed by atoms with van der Waals surface area (Å²) in [4.78, 5) is 0. The molecule has 7 heteroatoms. The lowest BCUT2D eigenvalue weighted by Crippen LogP contribution is -2.28. The quantitative estimate of drug-likeness (QED) is 0.632. The lowest BCUT2D eigenvalue weighted by Gasteiger charge is -2.12. The van der Waals surface area contributed by atoms with Gasteiger partial charge in [0.25, 0.3) is 0 Å². The highest BCUT2D eigenvalue weighted by molar-refractivity contribution is 7.88. The van der Waals surface area contributed by atoms with Crippen LogP contribution in [0.25, 0.3) is 16.8 Å². The molecule has 2 aromatic carbocycles. The second-order valence-corrected chi connectivity index (χ2v) is 5.76. The minimum absolute atomic E-state index is 0.290. The van der Waals surface area contributed by atoms with E-state index in [1.54, 1.807) is 43.3 Å². The molecule has 0 radical (unpaired) electrons. The van der Waals surface area contributed by atoms with Gasteiger partial charge in [-0.1, -0.05) is 36.4 Å². The zero-order chi connectivity index (χ0) is 15.7. The minimum Gasteiger partial charge on any atom is -0.375 e. The Labute approximate surface area is 119 Å². The molecule has 0 saturated heterocycles.